The molecule has 6 heteroatoms. The van der Waals surface area contributed by atoms with Crippen LogP contribution >= 0.6 is 0 Å². The van der Waals surface area contributed by atoms with Crippen LogP contribution < -0.4 is 10.2 Å². The summed E-state index contributed by atoms with van der Waals surface area (Å²) >= 11 is 0. The fourth-order valence-corrected chi connectivity index (χ4v) is 3.26. The van der Waals surface area contributed by atoms with Crippen molar-refractivity contribution in [3.05, 3.63) is 18.5 Å². The lowest BCUT2D eigenvalue weighted by Crippen LogP contribution is -2.50. The molecule has 1 saturated carbocycles. The Balaban J connectivity index is 1.45. The number of amides is 1. The average Bonchev–Trinajstić information content (AvgIpc) is 3.09. The molecule has 1 aromatic heterocycles. The molecule has 1 saturated heterocycles. The second-order valence-corrected chi connectivity index (χ2v) is 6.08. The molecule has 3 rings (SSSR count). The smallest absolute Gasteiger partial charge is 0.250 e. The first kappa shape index (κ1) is 15.2. The fraction of sp³-hybridized carbons (Fsp3) is 0.688. The van der Waals surface area contributed by atoms with Gasteiger partial charge in [0, 0.05) is 25.5 Å². The normalized spacial score (nSPS) is 22.7. The lowest BCUT2D eigenvalue weighted by molar-refractivity contribution is -0.133. The van der Waals surface area contributed by atoms with Crippen molar-refractivity contribution >= 4 is 11.9 Å². The van der Waals surface area contributed by atoms with Gasteiger partial charge in [-0.05, 0) is 18.4 Å². The summed E-state index contributed by atoms with van der Waals surface area (Å²) in [4.78, 5) is 22.7. The molecule has 2 aliphatic rings. The maximum atomic E-state index is 12.2. The van der Waals surface area contributed by atoms with E-state index >= 15 is 0 Å². The minimum absolute atomic E-state index is 0.0152. The molecule has 120 valence electrons. The van der Waals surface area contributed by atoms with Gasteiger partial charge in [0.15, 0.2) is 6.10 Å². The van der Waals surface area contributed by atoms with Crippen LogP contribution in [0.3, 0.4) is 0 Å². The zero-order chi connectivity index (χ0) is 15.2. The van der Waals surface area contributed by atoms with Crippen molar-refractivity contribution < 1.29 is 9.53 Å². The van der Waals surface area contributed by atoms with Crippen LogP contribution in [0.5, 0.6) is 0 Å². The predicted octanol–water partition coefficient (Wildman–Crippen LogP) is 1.38. The van der Waals surface area contributed by atoms with Gasteiger partial charge < -0.3 is 15.0 Å². The second-order valence-electron chi connectivity index (χ2n) is 6.08. The number of nitrogens with one attached hydrogen (secondary N) is 1. The van der Waals surface area contributed by atoms with Crippen LogP contribution in [-0.4, -0.2) is 48.2 Å². The van der Waals surface area contributed by atoms with Crippen LogP contribution in [0.2, 0.25) is 0 Å². The van der Waals surface area contributed by atoms with Crippen molar-refractivity contribution in [3.8, 4) is 0 Å². The topological polar surface area (TPSA) is 67.4 Å². The molecule has 1 aromatic rings. The van der Waals surface area contributed by atoms with Gasteiger partial charge in [0.2, 0.25) is 5.95 Å². The summed E-state index contributed by atoms with van der Waals surface area (Å²) in [5.74, 6) is 1.44. The van der Waals surface area contributed by atoms with E-state index in [1.54, 1.807) is 18.5 Å². The molecule has 1 aliphatic heterocycles. The lowest BCUT2D eigenvalue weighted by Gasteiger charge is -2.32. The second kappa shape index (κ2) is 7.54. The Morgan fingerprint density at radius 1 is 1.32 bits per heavy atom. The highest BCUT2D eigenvalue weighted by molar-refractivity contribution is 5.81. The van der Waals surface area contributed by atoms with E-state index in [0.29, 0.717) is 19.1 Å². The average molecular weight is 304 g/mol. The van der Waals surface area contributed by atoms with E-state index in [1.807, 2.05) is 4.90 Å². The summed E-state index contributed by atoms with van der Waals surface area (Å²) in [6.07, 6.45) is 9.41. The molecule has 0 bridgehead atoms. The standard InChI is InChI=1S/C16H24N4O2/c21-15(17-9-6-13-4-1-2-5-13)14-12-20(10-11-22-14)16-18-7-3-8-19-16/h3,7-8,13-14H,1-2,4-6,9-12H2,(H,17,21). The number of carbonyl (C=O) groups excluding carboxylic acids is 1. The number of aromatic nitrogens is 2. The van der Waals surface area contributed by atoms with Crippen molar-refractivity contribution in [2.75, 3.05) is 31.1 Å². The molecular weight excluding hydrogens is 280 g/mol. The summed E-state index contributed by atoms with van der Waals surface area (Å²) < 4.78 is 5.60. The first-order chi connectivity index (χ1) is 10.8. The number of carbonyl (C=O) groups is 1. The largest absolute Gasteiger partial charge is 0.365 e. The third-order valence-electron chi connectivity index (χ3n) is 4.52. The molecule has 2 heterocycles. The van der Waals surface area contributed by atoms with Gasteiger partial charge in [0.05, 0.1) is 13.2 Å². The molecule has 22 heavy (non-hydrogen) atoms. The highest BCUT2D eigenvalue weighted by atomic mass is 16.5. The molecule has 1 aliphatic carbocycles. The van der Waals surface area contributed by atoms with Gasteiger partial charge >= 0.3 is 0 Å². The number of hydrogen-bond donors (Lipinski definition) is 1. The number of hydrogen-bond acceptors (Lipinski definition) is 5. The zero-order valence-corrected chi connectivity index (χ0v) is 12.9. The summed E-state index contributed by atoms with van der Waals surface area (Å²) in [5.41, 5.74) is 0. The Hall–Kier alpha value is -1.69. The van der Waals surface area contributed by atoms with Gasteiger partial charge in [-0.25, -0.2) is 9.97 Å². The quantitative estimate of drug-likeness (QED) is 0.890. The van der Waals surface area contributed by atoms with E-state index < -0.39 is 6.10 Å². The molecule has 0 spiro atoms. The van der Waals surface area contributed by atoms with Crippen molar-refractivity contribution in [1.29, 1.82) is 0 Å². The van der Waals surface area contributed by atoms with E-state index in [4.69, 9.17) is 4.74 Å². The molecule has 0 radical (unpaired) electrons. The fourth-order valence-electron chi connectivity index (χ4n) is 3.26. The van der Waals surface area contributed by atoms with Crippen LogP contribution in [0.25, 0.3) is 0 Å². The van der Waals surface area contributed by atoms with Gasteiger partial charge in [-0.1, -0.05) is 25.7 Å². The monoisotopic (exact) mass is 304 g/mol. The highest BCUT2D eigenvalue weighted by Crippen LogP contribution is 2.26. The third-order valence-corrected chi connectivity index (χ3v) is 4.52. The van der Waals surface area contributed by atoms with Crippen molar-refractivity contribution in [1.82, 2.24) is 15.3 Å². The van der Waals surface area contributed by atoms with Crippen LogP contribution in [0, 0.1) is 5.92 Å². The minimum Gasteiger partial charge on any atom is -0.365 e. The molecule has 1 atom stereocenters. The van der Waals surface area contributed by atoms with Crippen LogP contribution in [0.1, 0.15) is 32.1 Å². The number of rotatable bonds is 5. The Morgan fingerprint density at radius 2 is 2.09 bits per heavy atom. The first-order valence-electron chi connectivity index (χ1n) is 8.24. The number of morpholine rings is 1. The van der Waals surface area contributed by atoms with Crippen molar-refractivity contribution in [2.24, 2.45) is 5.92 Å². The number of anilines is 1. The number of nitrogens with zero attached hydrogens (tertiary/aromatic N) is 3. The third kappa shape index (κ3) is 3.94. The van der Waals surface area contributed by atoms with E-state index in [9.17, 15) is 4.79 Å². The van der Waals surface area contributed by atoms with Crippen molar-refractivity contribution in [2.45, 2.75) is 38.2 Å². The van der Waals surface area contributed by atoms with E-state index in [-0.39, 0.29) is 5.91 Å². The van der Waals surface area contributed by atoms with Crippen LogP contribution in [0.4, 0.5) is 5.95 Å². The Labute approximate surface area is 131 Å². The van der Waals surface area contributed by atoms with Gasteiger partial charge in [0.1, 0.15) is 0 Å². The van der Waals surface area contributed by atoms with E-state index in [0.717, 1.165) is 25.4 Å². The van der Waals surface area contributed by atoms with E-state index in [2.05, 4.69) is 15.3 Å². The highest BCUT2D eigenvalue weighted by Gasteiger charge is 2.27. The first-order valence-corrected chi connectivity index (χ1v) is 8.24. The Kier molecular flexibility index (Phi) is 5.21. The molecule has 6 nitrogen and oxygen atoms in total. The van der Waals surface area contributed by atoms with Gasteiger partial charge in [-0.2, -0.15) is 0 Å². The van der Waals surface area contributed by atoms with Gasteiger partial charge in [-0.15, -0.1) is 0 Å². The van der Waals surface area contributed by atoms with Crippen LogP contribution in [0.15, 0.2) is 18.5 Å². The van der Waals surface area contributed by atoms with Gasteiger partial charge in [0.25, 0.3) is 5.91 Å². The van der Waals surface area contributed by atoms with Crippen LogP contribution in [-0.2, 0) is 9.53 Å². The molecule has 2 fully saturated rings. The predicted molar refractivity (Wildman–Crippen MR) is 83.6 cm³/mol. The maximum Gasteiger partial charge on any atom is 0.250 e. The number of ether oxygens (including phenoxy) is 1. The Morgan fingerprint density at radius 3 is 2.86 bits per heavy atom. The molecule has 1 unspecified atom stereocenters. The van der Waals surface area contributed by atoms with Crippen molar-refractivity contribution in [3.63, 3.8) is 0 Å². The molecule has 0 aromatic carbocycles. The Bertz CT molecular complexity index is 476. The van der Waals surface area contributed by atoms with E-state index in [1.165, 1.54) is 25.7 Å². The molecule has 1 amide bonds. The van der Waals surface area contributed by atoms with Gasteiger partial charge in [-0.3, -0.25) is 4.79 Å². The summed E-state index contributed by atoms with van der Waals surface area (Å²) in [6.45, 7) is 2.51. The lowest BCUT2D eigenvalue weighted by atomic mass is 10.0. The minimum atomic E-state index is -0.430. The zero-order valence-electron chi connectivity index (χ0n) is 12.9. The summed E-state index contributed by atoms with van der Waals surface area (Å²) in [5, 5.41) is 3.02. The molecule has 1 N–H and O–H groups in total. The molecular formula is C16H24N4O2. The maximum absolute atomic E-state index is 12.2. The SMILES string of the molecule is O=C(NCCC1CCCC1)C1CN(c2ncccn2)CCO1. The summed E-state index contributed by atoms with van der Waals surface area (Å²) in [6, 6.07) is 1.79. The summed E-state index contributed by atoms with van der Waals surface area (Å²) in [7, 11) is 0.